The van der Waals surface area contributed by atoms with Crippen molar-refractivity contribution in [2.45, 2.75) is 70.4 Å². The third-order valence-corrected chi connectivity index (χ3v) is 12.7. The molecule has 316 valence electrons. The van der Waals surface area contributed by atoms with Gasteiger partial charge in [0.15, 0.2) is 0 Å². The number of piperidine rings is 2. The highest BCUT2D eigenvalue weighted by atomic mass is 19.4. The summed E-state index contributed by atoms with van der Waals surface area (Å²) < 4.78 is 40.9. The smallest absolute Gasteiger partial charge is 0.369 e. The number of alkyl halides is 3. The first-order chi connectivity index (χ1) is 28.7. The van der Waals surface area contributed by atoms with Crippen molar-refractivity contribution in [1.29, 1.82) is 5.26 Å². The van der Waals surface area contributed by atoms with Crippen LogP contribution in [-0.4, -0.2) is 120 Å². The molecule has 1 unspecified atom stereocenters. The fourth-order valence-electron chi connectivity index (χ4n) is 9.31. The van der Waals surface area contributed by atoms with Gasteiger partial charge in [-0.15, -0.1) is 0 Å². The van der Waals surface area contributed by atoms with Crippen LogP contribution in [0.1, 0.15) is 66.6 Å². The number of hydrogen-bond donors (Lipinski definition) is 2. The molecule has 14 nitrogen and oxygen atoms in total. The summed E-state index contributed by atoms with van der Waals surface area (Å²) in [6, 6.07) is 13.6. The lowest BCUT2D eigenvalue weighted by Gasteiger charge is -2.45. The number of carbonyl (C=O) groups is 4. The van der Waals surface area contributed by atoms with Gasteiger partial charge in [-0.05, 0) is 93.1 Å². The maximum Gasteiger partial charge on any atom is 0.417 e. The van der Waals surface area contributed by atoms with Crippen molar-refractivity contribution in [3.8, 4) is 6.07 Å². The standard InChI is InChI=1S/C43H49F3N10O4/c1-27-24-55(28(2)23-54(27)34-5-3-30(21-47)36(20-34)43(44,45)46)42(60)49-32-4-9-38(48-22-32)53-13-11-29(12-14-53)25-51-15-17-52(18-16-51)33-6-7-35-31(19-33)26-56(41(35)59)37-8-10-39(57)50-40(37)58/h3-7,9,19-20,22,27-29,37H,8,10-18,23-26H2,1-2H3,(H,49,60)(H,50,57,58)/t27-,28+,37?/m0/s1. The van der Waals surface area contributed by atoms with Crippen LogP contribution >= 0.6 is 0 Å². The van der Waals surface area contributed by atoms with Gasteiger partial charge < -0.3 is 29.8 Å². The molecule has 1 aromatic heterocycles. The van der Waals surface area contributed by atoms with Gasteiger partial charge in [-0.3, -0.25) is 24.6 Å². The van der Waals surface area contributed by atoms with E-state index < -0.39 is 29.3 Å². The monoisotopic (exact) mass is 826 g/mol. The number of aromatic nitrogens is 1. The second-order valence-electron chi connectivity index (χ2n) is 16.6. The Balaban J connectivity index is 0.773. The molecule has 17 heteroatoms. The summed E-state index contributed by atoms with van der Waals surface area (Å²) in [5, 5.41) is 14.5. The number of anilines is 4. The Kier molecular flexibility index (Phi) is 11.3. The second kappa shape index (κ2) is 16.6. The van der Waals surface area contributed by atoms with Gasteiger partial charge in [-0.1, -0.05) is 0 Å². The Hall–Kier alpha value is -5.89. The normalized spacial score (nSPS) is 23.1. The maximum atomic E-state index is 13.6. The first-order valence-electron chi connectivity index (χ1n) is 20.7. The summed E-state index contributed by atoms with van der Waals surface area (Å²) in [7, 11) is 0. The lowest BCUT2D eigenvalue weighted by Crippen LogP contribution is -2.59. The Bertz CT molecular complexity index is 2180. The predicted molar refractivity (Wildman–Crippen MR) is 218 cm³/mol. The zero-order valence-corrected chi connectivity index (χ0v) is 33.7. The summed E-state index contributed by atoms with van der Waals surface area (Å²) in [4.78, 5) is 67.5. The molecule has 0 radical (unpaired) electrons. The van der Waals surface area contributed by atoms with E-state index in [0.717, 1.165) is 81.8 Å². The molecule has 4 fully saturated rings. The van der Waals surface area contributed by atoms with E-state index >= 15 is 0 Å². The van der Waals surface area contributed by atoms with Gasteiger partial charge in [-0.25, -0.2) is 9.78 Å². The number of amides is 5. The zero-order valence-electron chi connectivity index (χ0n) is 33.7. The Morgan fingerprint density at radius 2 is 1.63 bits per heavy atom. The quantitative estimate of drug-likeness (QED) is 0.315. The Labute approximate surface area is 346 Å². The summed E-state index contributed by atoms with van der Waals surface area (Å²) in [6.07, 6.45) is -0.317. The molecular formula is C43H49F3N10O4. The van der Waals surface area contributed by atoms with E-state index in [1.807, 2.05) is 43.0 Å². The van der Waals surface area contributed by atoms with Gasteiger partial charge in [0, 0.05) is 101 Å². The third kappa shape index (κ3) is 8.43. The minimum absolute atomic E-state index is 0.159. The van der Waals surface area contributed by atoms with Gasteiger partial charge >= 0.3 is 12.2 Å². The van der Waals surface area contributed by atoms with E-state index in [9.17, 15) is 37.6 Å². The molecule has 2 aromatic carbocycles. The van der Waals surface area contributed by atoms with Crippen LogP contribution < -0.4 is 25.3 Å². The van der Waals surface area contributed by atoms with Gasteiger partial charge in [0.05, 0.1) is 29.1 Å². The molecule has 0 aliphatic carbocycles. The van der Waals surface area contributed by atoms with Crippen LogP contribution in [0.2, 0.25) is 0 Å². The highest BCUT2D eigenvalue weighted by molar-refractivity contribution is 6.05. The van der Waals surface area contributed by atoms with Crippen LogP contribution in [0.3, 0.4) is 0 Å². The van der Waals surface area contributed by atoms with Crippen LogP contribution in [0.25, 0.3) is 0 Å². The molecule has 60 heavy (non-hydrogen) atoms. The molecule has 2 N–H and O–H groups in total. The number of imide groups is 1. The number of urea groups is 1. The molecule has 5 aliphatic rings. The first-order valence-corrected chi connectivity index (χ1v) is 20.7. The number of rotatable bonds is 7. The minimum atomic E-state index is -4.65. The van der Waals surface area contributed by atoms with Gasteiger partial charge in [0.25, 0.3) is 5.91 Å². The lowest BCUT2D eigenvalue weighted by atomic mass is 9.96. The largest absolute Gasteiger partial charge is 0.417 e. The number of piperazine rings is 2. The fraction of sp³-hybridized carbons (Fsp3) is 0.488. The van der Waals surface area contributed by atoms with Crippen LogP contribution in [-0.2, 0) is 22.3 Å². The van der Waals surface area contributed by atoms with Crippen LogP contribution in [0, 0.1) is 17.2 Å². The van der Waals surface area contributed by atoms with E-state index in [-0.39, 0.29) is 36.3 Å². The molecule has 5 amide bonds. The van der Waals surface area contributed by atoms with Crippen LogP contribution in [0.5, 0.6) is 0 Å². The summed E-state index contributed by atoms with van der Waals surface area (Å²) in [6.45, 7) is 11.2. The van der Waals surface area contributed by atoms with Crippen molar-refractivity contribution in [1.82, 2.24) is 25.0 Å². The number of pyridine rings is 1. The summed E-state index contributed by atoms with van der Waals surface area (Å²) in [5.41, 5.74) is 2.15. The molecule has 0 bridgehead atoms. The number of nitrogens with one attached hydrogen (secondary N) is 2. The Morgan fingerprint density at radius 1 is 0.883 bits per heavy atom. The fourth-order valence-corrected chi connectivity index (χ4v) is 9.31. The van der Waals surface area contributed by atoms with Crippen molar-refractivity contribution in [3.05, 3.63) is 77.0 Å². The van der Waals surface area contributed by atoms with Crippen molar-refractivity contribution in [2.75, 3.05) is 78.9 Å². The number of nitrogens with zero attached hydrogens (tertiary/aromatic N) is 8. The number of nitriles is 1. The van der Waals surface area contributed by atoms with Gasteiger partial charge in [-0.2, -0.15) is 18.4 Å². The Morgan fingerprint density at radius 3 is 2.32 bits per heavy atom. The molecule has 3 atom stereocenters. The topological polar surface area (TPSA) is 148 Å². The zero-order chi connectivity index (χ0) is 42.3. The van der Waals surface area contributed by atoms with Crippen molar-refractivity contribution < 1.29 is 32.3 Å². The first kappa shape index (κ1) is 40.9. The van der Waals surface area contributed by atoms with E-state index in [2.05, 4.69) is 36.4 Å². The van der Waals surface area contributed by atoms with Crippen LogP contribution in [0.4, 0.5) is 40.8 Å². The van der Waals surface area contributed by atoms with E-state index in [0.29, 0.717) is 48.9 Å². The third-order valence-electron chi connectivity index (χ3n) is 12.7. The molecule has 0 spiro atoms. The average Bonchev–Trinajstić information content (AvgIpc) is 3.56. The number of benzene rings is 2. The molecule has 5 aliphatic heterocycles. The highest BCUT2D eigenvalue weighted by Gasteiger charge is 2.40. The molecular weight excluding hydrogens is 778 g/mol. The average molecular weight is 827 g/mol. The molecule has 4 saturated heterocycles. The minimum Gasteiger partial charge on any atom is -0.369 e. The van der Waals surface area contributed by atoms with Gasteiger partial charge in [0.2, 0.25) is 11.8 Å². The number of carbonyl (C=O) groups excluding carboxylic acids is 4. The predicted octanol–water partition coefficient (Wildman–Crippen LogP) is 4.90. The maximum absolute atomic E-state index is 13.6. The van der Waals surface area contributed by atoms with Crippen molar-refractivity contribution in [2.24, 2.45) is 5.92 Å². The van der Waals surface area contributed by atoms with Gasteiger partial charge in [0.1, 0.15) is 11.9 Å². The number of hydrogen-bond acceptors (Lipinski definition) is 10. The SMILES string of the molecule is C[C@@H]1CN(c2ccc(C#N)c(C(F)(F)F)c2)[C@@H](C)CN1C(=O)Nc1ccc(N2CCC(CN3CCN(c4ccc5c(c4)CN(C4CCC(=O)NC4=O)C5=O)CC3)CC2)nc1. The number of fused-ring (bicyclic) bond motifs is 1. The highest BCUT2D eigenvalue weighted by Crippen LogP contribution is 2.36. The van der Waals surface area contributed by atoms with E-state index in [1.165, 1.54) is 12.1 Å². The summed E-state index contributed by atoms with van der Waals surface area (Å²) in [5.74, 6) is 0.572. The van der Waals surface area contributed by atoms with Crippen molar-refractivity contribution >= 4 is 46.6 Å². The summed E-state index contributed by atoms with van der Waals surface area (Å²) >= 11 is 0. The van der Waals surface area contributed by atoms with E-state index in [1.54, 1.807) is 22.1 Å². The second-order valence-corrected chi connectivity index (χ2v) is 16.6. The van der Waals surface area contributed by atoms with E-state index in [4.69, 9.17) is 0 Å². The molecule has 3 aromatic rings. The number of halogens is 3. The van der Waals surface area contributed by atoms with Crippen LogP contribution in [0.15, 0.2) is 54.7 Å². The molecule has 8 rings (SSSR count). The molecule has 6 heterocycles. The lowest BCUT2D eigenvalue weighted by molar-refractivity contribution is -0.138. The van der Waals surface area contributed by atoms with Crippen molar-refractivity contribution in [3.63, 3.8) is 0 Å². The molecule has 0 saturated carbocycles.